The smallest absolute Gasteiger partial charge is 0.125 e. The van der Waals surface area contributed by atoms with Gasteiger partial charge in [0, 0.05) is 12.5 Å². The fraction of sp³-hybridized carbons (Fsp3) is 0.833. The lowest BCUT2D eigenvalue weighted by atomic mass is 10.0. The molecule has 0 fully saturated rings. The average Bonchev–Trinajstić information content (AvgIpc) is 1.71. The van der Waals surface area contributed by atoms with Crippen molar-refractivity contribution in [2.45, 2.75) is 20.8 Å². The lowest BCUT2D eigenvalue weighted by Crippen LogP contribution is -2.04. The van der Waals surface area contributed by atoms with Gasteiger partial charge in [0.2, 0.25) is 0 Å². The quantitative estimate of drug-likeness (QED) is 0.478. The number of hydrogen-bond donors (Lipinski definition) is 1. The number of aliphatic hydroxyl groups excluding tert-OH is 1. The van der Waals surface area contributed by atoms with Gasteiger partial charge in [0.05, 0.1) is 0 Å². The summed E-state index contributed by atoms with van der Waals surface area (Å²) in [6, 6.07) is 0. The fourth-order valence-electron chi connectivity index (χ4n) is 0. The molecule has 0 aliphatic carbocycles. The van der Waals surface area contributed by atoms with E-state index < -0.39 is 0 Å². The fourth-order valence-corrected chi connectivity index (χ4v) is 0. The van der Waals surface area contributed by atoms with E-state index in [1.54, 1.807) is 0 Å². The molecule has 0 aromatic rings. The maximum absolute atomic E-state index is 9.83. The number of aliphatic hydroxyl groups is 1. The summed E-state index contributed by atoms with van der Waals surface area (Å²) in [5, 5.41) is 7.00. The normalized spacial score (nSPS) is 9.12. The number of carbonyl (C=O) groups is 1. The molecule has 50 valence electrons. The first-order valence-electron chi connectivity index (χ1n) is 2.47. The Morgan fingerprint density at radius 1 is 1.25 bits per heavy atom. The summed E-state index contributed by atoms with van der Waals surface area (Å²) in [6.45, 7) is 5.62. The van der Waals surface area contributed by atoms with Crippen LogP contribution in [0.15, 0.2) is 0 Å². The molecule has 0 unspecified atom stereocenters. The first-order chi connectivity index (χ1) is 3.56. The van der Waals surface area contributed by atoms with Gasteiger partial charge in [-0.25, -0.2) is 0 Å². The zero-order valence-corrected chi connectivity index (χ0v) is 5.93. The zero-order valence-electron chi connectivity index (χ0n) is 5.93. The van der Waals surface area contributed by atoms with Crippen LogP contribution >= 0.6 is 0 Å². The highest BCUT2D eigenvalue weighted by Crippen LogP contribution is 2.05. The summed E-state index contributed by atoms with van der Waals surface area (Å²) in [5.74, 6) is 0. The van der Waals surface area contributed by atoms with Crippen LogP contribution in [-0.2, 0) is 4.79 Å². The molecule has 0 aromatic carbocycles. The van der Waals surface area contributed by atoms with Crippen molar-refractivity contribution in [1.29, 1.82) is 0 Å². The van der Waals surface area contributed by atoms with E-state index in [1.165, 1.54) is 0 Å². The molecule has 0 saturated carbocycles. The zero-order chi connectivity index (χ0) is 7.21. The van der Waals surface area contributed by atoms with E-state index in [1.807, 2.05) is 20.8 Å². The second-order valence-corrected chi connectivity index (χ2v) is 2.48. The van der Waals surface area contributed by atoms with Gasteiger partial charge in [0.25, 0.3) is 0 Å². The van der Waals surface area contributed by atoms with Gasteiger partial charge in [0.15, 0.2) is 0 Å². The minimum absolute atomic E-state index is 0.139. The van der Waals surface area contributed by atoms with Crippen LogP contribution in [0.25, 0.3) is 0 Å². The van der Waals surface area contributed by atoms with E-state index in [2.05, 4.69) is 0 Å². The van der Waals surface area contributed by atoms with E-state index in [9.17, 15) is 4.79 Å². The van der Waals surface area contributed by atoms with Crippen molar-refractivity contribution >= 4 is 6.29 Å². The molecule has 0 heterocycles. The highest BCUT2D eigenvalue weighted by atomic mass is 16.2. The molecule has 0 rings (SSSR count). The second kappa shape index (κ2) is 4.78. The van der Waals surface area contributed by atoms with Gasteiger partial charge in [-0.3, -0.25) is 0 Å². The third kappa shape index (κ3) is 17.4. The minimum atomic E-state index is -0.139. The molecular weight excluding hydrogens is 104 g/mol. The molecule has 1 N–H and O–H groups in total. The third-order valence-corrected chi connectivity index (χ3v) is 0.354. The Bertz CT molecular complexity index is 52.0. The van der Waals surface area contributed by atoms with Crippen molar-refractivity contribution in [2.24, 2.45) is 5.41 Å². The molecule has 0 radical (unpaired) electrons. The van der Waals surface area contributed by atoms with Gasteiger partial charge in [-0.1, -0.05) is 20.8 Å². The second-order valence-electron chi connectivity index (χ2n) is 2.48. The predicted octanol–water partition coefficient (Wildman–Crippen LogP) is 0.840. The van der Waals surface area contributed by atoms with Gasteiger partial charge >= 0.3 is 0 Å². The SMILES string of the molecule is CC(C)(C)C=O.CO. The van der Waals surface area contributed by atoms with Crippen LogP contribution in [0.2, 0.25) is 0 Å². The van der Waals surface area contributed by atoms with E-state index in [0.29, 0.717) is 0 Å². The Balaban J connectivity index is 0. The highest BCUT2D eigenvalue weighted by Gasteiger charge is 2.04. The van der Waals surface area contributed by atoms with Crippen LogP contribution in [0.5, 0.6) is 0 Å². The summed E-state index contributed by atoms with van der Waals surface area (Å²) >= 11 is 0. The summed E-state index contributed by atoms with van der Waals surface area (Å²) in [7, 11) is 1.00. The highest BCUT2D eigenvalue weighted by molar-refractivity contribution is 5.56. The van der Waals surface area contributed by atoms with Crippen LogP contribution in [0.4, 0.5) is 0 Å². The Kier molecular flexibility index (Phi) is 6.32. The lowest BCUT2D eigenvalue weighted by molar-refractivity contribution is -0.113. The maximum Gasteiger partial charge on any atom is 0.125 e. The monoisotopic (exact) mass is 118 g/mol. The van der Waals surface area contributed by atoms with E-state index >= 15 is 0 Å². The first-order valence-corrected chi connectivity index (χ1v) is 2.47. The Morgan fingerprint density at radius 2 is 1.38 bits per heavy atom. The standard InChI is InChI=1S/C5H10O.CH4O/c1-5(2,3)4-6;1-2/h4H,1-3H3;2H,1H3. The topological polar surface area (TPSA) is 37.3 Å². The predicted molar refractivity (Wildman–Crippen MR) is 33.7 cm³/mol. The Morgan fingerprint density at radius 3 is 1.38 bits per heavy atom. The molecule has 0 spiro atoms. The summed E-state index contributed by atoms with van der Waals surface area (Å²) in [5.41, 5.74) is -0.139. The number of aldehydes is 1. The average molecular weight is 118 g/mol. The molecule has 0 aliphatic rings. The van der Waals surface area contributed by atoms with Crippen LogP contribution < -0.4 is 0 Å². The van der Waals surface area contributed by atoms with Gasteiger partial charge in [-0.15, -0.1) is 0 Å². The number of hydrogen-bond acceptors (Lipinski definition) is 2. The molecule has 0 aromatic heterocycles. The van der Waals surface area contributed by atoms with E-state index in [0.717, 1.165) is 13.4 Å². The van der Waals surface area contributed by atoms with Crippen molar-refractivity contribution in [1.82, 2.24) is 0 Å². The minimum Gasteiger partial charge on any atom is -0.400 e. The van der Waals surface area contributed by atoms with Gasteiger partial charge in [-0.05, 0) is 0 Å². The van der Waals surface area contributed by atoms with Crippen molar-refractivity contribution in [3.63, 3.8) is 0 Å². The van der Waals surface area contributed by atoms with Crippen LogP contribution in [-0.4, -0.2) is 18.5 Å². The summed E-state index contributed by atoms with van der Waals surface area (Å²) in [6.07, 6.45) is 0.938. The first kappa shape index (κ1) is 10.6. The van der Waals surface area contributed by atoms with E-state index in [4.69, 9.17) is 5.11 Å². The Labute approximate surface area is 50.5 Å². The van der Waals surface area contributed by atoms with E-state index in [-0.39, 0.29) is 5.41 Å². The third-order valence-electron chi connectivity index (χ3n) is 0.354. The molecule has 0 bridgehead atoms. The van der Waals surface area contributed by atoms with Crippen molar-refractivity contribution in [3.05, 3.63) is 0 Å². The largest absolute Gasteiger partial charge is 0.400 e. The molecule has 0 aliphatic heterocycles. The van der Waals surface area contributed by atoms with Gasteiger partial charge in [-0.2, -0.15) is 0 Å². The van der Waals surface area contributed by atoms with Crippen molar-refractivity contribution in [2.75, 3.05) is 7.11 Å². The van der Waals surface area contributed by atoms with Crippen molar-refractivity contribution in [3.8, 4) is 0 Å². The van der Waals surface area contributed by atoms with Crippen LogP contribution in [0.1, 0.15) is 20.8 Å². The maximum atomic E-state index is 9.83. The molecular formula is C6H14O2. The number of rotatable bonds is 0. The molecule has 0 amide bonds. The molecule has 2 nitrogen and oxygen atoms in total. The molecule has 0 saturated heterocycles. The van der Waals surface area contributed by atoms with Crippen LogP contribution in [0.3, 0.4) is 0 Å². The molecule has 8 heavy (non-hydrogen) atoms. The summed E-state index contributed by atoms with van der Waals surface area (Å²) in [4.78, 5) is 9.83. The van der Waals surface area contributed by atoms with Crippen molar-refractivity contribution < 1.29 is 9.90 Å². The molecule has 0 atom stereocenters. The molecule has 2 heteroatoms. The number of carbonyl (C=O) groups excluding carboxylic acids is 1. The summed E-state index contributed by atoms with van der Waals surface area (Å²) < 4.78 is 0. The Hall–Kier alpha value is -0.370. The lowest BCUT2D eigenvalue weighted by Gasteiger charge is -2.03. The van der Waals surface area contributed by atoms with Gasteiger partial charge < -0.3 is 9.90 Å². The van der Waals surface area contributed by atoms with Gasteiger partial charge in [0.1, 0.15) is 6.29 Å². The van der Waals surface area contributed by atoms with Crippen LogP contribution in [0, 0.1) is 5.41 Å².